The van der Waals surface area contributed by atoms with Crippen LogP contribution in [-0.2, 0) is 12.8 Å². The lowest BCUT2D eigenvalue weighted by Crippen LogP contribution is -2.32. The fourth-order valence-corrected chi connectivity index (χ4v) is 3.22. The molecule has 0 bridgehead atoms. The van der Waals surface area contributed by atoms with Crippen molar-refractivity contribution >= 4 is 11.3 Å². The Kier molecular flexibility index (Phi) is 6.77. The van der Waals surface area contributed by atoms with Crippen molar-refractivity contribution in [3.63, 3.8) is 0 Å². The second-order valence-corrected chi connectivity index (χ2v) is 6.35. The summed E-state index contributed by atoms with van der Waals surface area (Å²) in [5, 5.41) is 5.84. The minimum absolute atomic E-state index is 0.561. The molecule has 0 aliphatic carbocycles. The van der Waals surface area contributed by atoms with E-state index in [9.17, 15) is 0 Å². The Bertz CT molecular complexity index is 492. The van der Waals surface area contributed by atoms with Gasteiger partial charge in [0.05, 0.1) is 7.11 Å². The van der Waals surface area contributed by atoms with Crippen LogP contribution in [0, 0.1) is 0 Å². The van der Waals surface area contributed by atoms with Crippen molar-refractivity contribution in [1.29, 1.82) is 0 Å². The molecule has 0 amide bonds. The summed E-state index contributed by atoms with van der Waals surface area (Å²) in [5.74, 6) is 0.929. The van der Waals surface area contributed by atoms with Crippen molar-refractivity contribution in [2.75, 3.05) is 13.7 Å². The maximum Gasteiger partial charge on any atom is 0.118 e. The Labute approximate surface area is 132 Å². The van der Waals surface area contributed by atoms with Crippen LogP contribution < -0.4 is 10.1 Å². The van der Waals surface area contributed by atoms with Crippen molar-refractivity contribution in [2.24, 2.45) is 0 Å². The van der Waals surface area contributed by atoms with Crippen LogP contribution in [0.25, 0.3) is 0 Å². The topological polar surface area (TPSA) is 21.3 Å². The highest BCUT2D eigenvalue weighted by molar-refractivity contribution is 7.09. The van der Waals surface area contributed by atoms with E-state index in [1.807, 2.05) is 23.5 Å². The molecular formula is C18H25NOS. The van der Waals surface area contributed by atoms with Crippen LogP contribution in [0.2, 0.25) is 0 Å². The summed E-state index contributed by atoms with van der Waals surface area (Å²) >= 11 is 1.85. The first kappa shape index (κ1) is 16.1. The first-order valence-corrected chi connectivity index (χ1v) is 8.58. The van der Waals surface area contributed by atoms with E-state index in [1.54, 1.807) is 7.11 Å². The highest BCUT2D eigenvalue weighted by Crippen LogP contribution is 2.16. The number of hydrogen-bond acceptors (Lipinski definition) is 3. The summed E-state index contributed by atoms with van der Waals surface area (Å²) in [7, 11) is 1.71. The van der Waals surface area contributed by atoms with E-state index >= 15 is 0 Å². The highest BCUT2D eigenvalue weighted by Gasteiger charge is 2.10. The molecule has 21 heavy (non-hydrogen) atoms. The van der Waals surface area contributed by atoms with Crippen molar-refractivity contribution in [3.8, 4) is 5.75 Å². The number of hydrogen-bond donors (Lipinski definition) is 1. The van der Waals surface area contributed by atoms with Gasteiger partial charge in [-0.05, 0) is 61.4 Å². The number of methoxy groups -OCH3 is 1. The number of aryl methyl sites for hydroxylation is 1. The molecule has 1 atom stereocenters. The first-order valence-electron chi connectivity index (χ1n) is 7.70. The number of ether oxygens (including phenoxy) is 1. The lowest BCUT2D eigenvalue weighted by molar-refractivity contribution is 0.414. The molecule has 0 spiro atoms. The van der Waals surface area contributed by atoms with Crippen LogP contribution in [0.1, 0.15) is 30.2 Å². The predicted molar refractivity (Wildman–Crippen MR) is 91.4 cm³/mol. The fraction of sp³-hybridized carbons (Fsp3) is 0.444. The zero-order valence-corrected chi connectivity index (χ0v) is 13.8. The molecule has 2 rings (SSSR count). The lowest BCUT2D eigenvalue weighted by Gasteiger charge is -2.18. The Morgan fingerprint density at radius 2 is 2.00 bits per heavy atom. The van der Waals surface area contributed by atoms with Gasteiger partial charge in [-0.1, -0.05) is 25.1 Å². The molecule has 0 fully saturated rings. The van der Waals surface area contributed by atoms with E-state index < -0.39 is 0 Å². The average molecular weight is 303 g/mol. The summed E-state index contributed by atoms with van der Waals surface area (Å²) in [6.07, 6.45) is 4.60. The van der Waals surface area contributed by atoms with Gasteiger partial charge in [0.25, 0.3) is 0 Å². The summed E-state index contributed by atoms with van der Waals surface area (Å²) in [4.78, 5) is 1.47. The van der Waals surface area contributed by atoms with Gasteiger partial charge in [0.2, 0.25) is 0 Å². The second kappa shape index (κ2) is 8.85. The molecule has 0 saturated carbocycles. The smallest absolute Gasteiger partial charge is 0.118 e. The largest absolute Gasteiger partial charge is 0.497 e. The second-order valence-electron chi connectivity index (χ2n) is 5.32. The zero-order chi connectivity index (χ0) is 14.9. The molecular weight excluding hydrogens is 278 g/mol. The number of benzene rings is 1. The van der Waals surface area contributed by atoms with Gasteiger partial charge >= 0.3 is 0 Å². The molecule has 1 aromatic heterocycles. The molecule has 2 nitrogen and oxygen atoms in total. The van der Waals surface area contributed by atoms with Crippen LogP contribution in [0.3, 0.4) is 0 Å². The van der Waals surface area contributed by atoms with Gasteiger partial charge in [-0.2, -0.15) is 0 Å². The normalized spacial score (nSPS) is 12.3. The van der Waals surface area contributed by atoms with Gasteiger partial charge in [0.15, 0.2) is 0 Å². The Hall–Kier alpha value is -1.32. The quantitative estimate of drug-likeness (QED) is 0.745. The Balaban J connectivity index is 1.87. The van der Waals surface area contributed by atoms with Crippen molar-refractivity contribution in [1.82, 2.24) is 5.32 Å². The van der Waals surface area contributed by atoms with Crippen LogP contribution in [0.4, 0.5) is 0 Å². The average Bonchev–Trinajstić information content (AvgIpc) is 3.03. The minimum atomic E-state index is 0.561. The van der Waals surface area contributed by atoms with Crippen LogP contribution in [0.5, 0.6) is 5.75 Å². The number of thiophene rings is 1. The third kappa shape index (κ3) is 5.52. The van der Waals surface area contributed by atoms with E-state index in [2.05, 4.69) is 41.9 Å². The van der Waals surface area contributed by atoms with Crippen molar-refractivity contribution in [3.05, 3.63) is 52.2 Å². The van der Waals surface area contributed by atoms with Crippen molar-refractivity contribution in [2.45, 2.75) is 38.6 Å². The van der Waals surface area contributed by atoms with E-state index in [1.165, 1.54) is 23.3 Å². The standard InChI is InChI=1S/C18H25NOS/c1-3-12-19-16(14-18-5-4-13-21-18)9-6-15-7-10-17(20-2)11-8-15/h4-5,7-8,10-11,13,16,19H,3,6,9,12,14H2,1-2H3. The minimum Gasteiger partial charge on any atom is -0.497 e. The molecule has 1 aromatic carbocycles. The third-order valence-electron chi connectivity index (χ3n) is 3.65. The highest BCUT2D eigenvalue weighted by atomic mass is 32.1. The summed E-state index contributed by atoms with van der Waals surface area (Å²) in [5.41, 5.74) is 1.38. The molecule has 0 aliphatic rings. The fourth-order valence-electron chi connectivity index (χ4n) is 2.43. The molecule has 0 aliphatic heterocycles. The maximum absolute atomic E-state index is 5.21. The lowest BCUT2D eigenvalue weighted by atomic mass is 10.0. The van der Waals surface area contributed by atoms with E-state index in [4.69, 9.17) is 4.74 Å². The molecule has 3 heteroatoms. The SMILES string of the molecule is CCCNC(CCc1ccc(OC)cc1)Cc1cccs1. The Morgan fingerprint density at radius 3 is 2.62 bits per heavy atom. The predicted octanol–water partition coefficient (Wildman–Crippen LogP) is 4.30. The van der Waals surface area contributed by atoms with Gasteiger partial charge in [0.1, 0.15) is 5.75 Å². The van der Waals surface area contributed by atoms with Crippen molar-refractivity contribution < 1.29 is 4.74 Å². The monoisotopic (exact) mass is 303 g/mol. The molecule has 0 radical (unpaired) electrons. The third-order valence-corrected chi connectivity index (χ3v) is 4.55. The van der Waals surface area contributed by atoms with Gasteiger partial charge in [-0.15, -0.1) is 11.3 Å². The van der Waals surface area contributed by atoms with E-state index in [-0.39, 0.29) is 0 Å². The van der Waals surface area contributed by atoms with Crippen LogP contribution in [0.15, 0.2) is 41.8 Å². The summed E-state index contributed by atoms with van der Waals surface area (Å²) in [6, 6.07) is 13.4. The molecule has 114 valence electrons. The zero-order valence-electron chi connectivity index (χ0n) is 13.0. The summed E-state index contributed by atoms with van der Waals surface area (Å²) in [6.45, 7) is 3.32. The van der Waals surface area contributed by atoms with Crippen LogP contribution >= 0.6 is 11.3 Å². The van der Waals surface area contributed by atoms with Gasteiger partial charge < -0.3 is 10.1 Å². The van der Waals surface area contributed by atoms with Gasteiger partial charge in [0, 0.05) is 10.9 Å². The molecule has 2 aromatic rings. The van der Waals surface area contributed by atoms with E-state index in [0.29, 0.717) is 6.04 Å². The van der Waals surface area contributed by atoms with Gasteiger partial charge in [-0.3, -0.25) is 0 Å². The first-order chi connectivity index (χ1) is 10.3. The summed E-state index contributed by atoms with van der Waals surface area (Å²) < 4.78 is 5.21. The molecule has 1 N–H and O–H groups in total. The Morgan fingerprint density at radius 1 is 1.19 bits per heavy atom. The maximum atomic E-state index is 5.21. The number of nitrogens with one attached hydrogen (secondary N) is 1. The van der Waals surface area contributed by atoms with Crippen LogP contribution in [-0.4, -0.2) is 19.7 Å². The van der Waals surface area contributed by atoms with E-state index in [0.717, 1.165) is 25.1 Å². The number of rotatable bonds is 9. The molecule has 1 heterocycles. The molecule has 0 saturated heterocycles. The van der Waals surface area contributed by atoms with Gasteiger partial charge in [-0.25, -0.2) is 0 Å². The molecule has 1 unspecified atom stereocenters.